The molecule has 5 heteroatoms. The van der Waals surface area contributed by atoms with E-state index < -0.39 is 0 Å². The fourth-order valence-electron chi connectivity index (χ4n) is 1.97. The average Bonchev–Trinajstić information content (AvgIpc) is 2.94. The molecule has 106 valence electrons. The van der Waals surface area contributed by atoms with Crippen molar-refractivity contribution < 1.29 is 4.79 Å². The molecular formula is C15H20N4O. The smallest absolute Gasteiger partial charge is 0.222 e. The zero-order valence-corrected chi connectivity index (χ0v) is 11.7. The lowest BCUT2D eigenvalue weighted by atomic mass is 10.2. The maximum atomic E-state index is 11.8. The van der Waals surface area contributed by atoms with Crippen LogP contribution in [0.5, 0.6) is 0 Å². The fourth-order valence-corrected chi connectivity index (χ4v) is 1.97. The van der Waals surface area contributed by atoms with Gasteiger partial charge in [0.2, 0.25) is 5.91 Å². The Morgan fingerprint density at radius 3 is 2.80 bits per heavy atom. The topological polar surface area (TPSA) is 64.2 Å². The van der Waals surface area contributed by atoms with Gasteiger partial charge in [-0.2, -0.15) is 5.10 Å². The first-order valence-corrected chi connectivity index (χ1v) is 6.73. The van der Waals surface area contributed by atoms with Gasteiger partial charge in [-0.1, -0.05) is 18.2 Å². The molecule has 0 saturated carbocycles. The van der Waals surface area contributed by atoms with Crippen molar-refractivity contribution in [2.75, 3.05) is 13.6 Å². The first-order valence-electron chi connectivity index (χ1n) is 6.73. The number of nitrogens with two attached hydrogens (primary N) is 1. The molecule has 1 heterocycles. The van der Waals surface area contributed by atoms with Crippen molar-refractivity contribution in [1.82, 2.24) is 14.7 Å². The Bertz CT molecular complexity index is 550. The van der Waals surface area contributed by atoms with Gasteiger partial charge < -0.3 is 10.6 Å². The summed E-state index contributed by atoms with van der Waals surface area (Å²) in [6.07, 6.45) is 4.97. The van der Waals surface area contributed by atoms with E-state index in [4.69, 9.17) is 5.73 Å². The summed E-state index contributed by atoms with van der Waals surface area (Å²) in [7, 11) is 1.80. The number of hydrogen-bond acceptors (Lipinski definition) is 3. The van der Waals surface area contributed by atoms with Gasteiger partial charge >= 0.3 is 0 Å². The van der Waals surface area contributed by atoms with E-state index in [2.05, 4.69) is 5.10 Å². The van der Waals surface area contributed by atoms with Crippen LogP contribution in [0.4, 0.5) is 0 Å². The molecule has 5 nitrogen and oxygen atoms in total. The highest BCUT2D eigenvalue weighted by molar-refractivity contribution is 5.75. The lowest BCUT2D eigenvalue weighted by molar-refractivity contribution is -0.130. The molecule has 0 spiro atoms. The number of rotatable bonds is 6. The third-order valence-electron chi connectivity index (χ3n) is 3.10. The predicted molar refractivity (Wildman–Crippen MR) is 78.3 cm³/mol. The summed E-state index contributed by atoms with van der Waals surface area (Å²) in [5.41, 5.74) is 7.43. The van der Waals surface area contributed by atoms with Gasteiger partial charge in [-0.3, -0.25) is 4.79 Å². The van der Waals surface area contributed by atoms with Gasteiger partial charge in [0.05, 0.1) is 11.9 Å². The summed E-state index contributed by atoms with van der Waals surface area (Å²) < 4.78 is 1.81. The molecule has 20 heavy (non-hydrogen) atoms. The highest BCUT2D eigenvalue weighted by Gasteiger charge is 2.10. The molecule has 0 aliphatic rings. The van der Waals surface area contributed by atoms with Gasteiger partial charge in [0.1, 0.15) is 0 Å². The number of nitrogens with zero attached hydrogens (tertiary/aromatic N) is 3. The van der Waals surface area contributed by atoms with Crippen LogP contribution in [0.25, 0.3) is 5.69 Å². The Balaban J connectivity index is 1.98. The summed E-state index contributed by atoms with van der Waals surface area (Å²) in [6, 6.07) is 9.90. The zero-order valence-electron chi connectivity index (χ0n) is 11.7. The van der Waals surface area contributed by atoms with Crippen molar-refractivity contribution in [3.05, 3.63) is 48.3 Å². The van der Waals surface area contributed by atoms with Gasteiger partial charge in [-0.05, 0) is 25.1 Å². The van der Waals surface area contributed by atoms with Crippen LogP contribution < -0.4 is 5.73 Å². The second-order valence-electron chi connectivity index (χ2n) is 4.77. The van der Waals surface area contributed by atoms with E-state index >= 15 is 0 Å². The first-order chi connectivity index (χ1) is 9.70. The molecule has 2 aromatic rings. The molecule has 0 fully saturated rings. The molecule has 2 rings (SSSR count). The Labute approximate surface area is 119 Å². The molecule has 0 aliphatic carbocycles. The Morgan fingerprint density at radius 1 is 1.35 bits per heavy atom. The Kier molecular flexibility index (Phi) is 4.90. The number of hydrogen-bond donors (Lipinski definition) is 1. The summed E-state index contributed by atoms with van der Waals surface area (Å²) >= 11 is 0. The van der Waals surface area contributed by atoms with Gasteiger partial charge in [-0.15, -0.1) is 0 Å². The Morgan fingerprint density at radius 2 is 2.10 bits per heavy atom. The predicted octanol–water partition coefficient (Wildman–Crippen LogP) is 1.57. The lowest BCUT2D eigenvalue weighted by Crippen LogP contribution is -2.26. The highest BCUT2D eigenvalue weighted by Crippen LogP contribution is 2.09. The molecule has 0 radical (unpaired) electrons. The van der Waals surface area contributed by atoms with Gasteiger partial charge in [0.25, 0.3) is 0 Å². The monoisotopic (exact) mass is 272 g/mol. The van der Waals surface area contributed by atoms with Crippen LogP contribution in [0.1, 0.15) is 18.4 Å². The molecule has 0 atom stereocenters. The van der Waals surface area contributed by atoms with E-state index in [1.54, 1.807) is 18.1 Å². The van der Waals surface area contributed by atoms with E-state index in [1.165, 1.54) is 0 Å². The highest BCUT2D eigenvalue weighted by atomic mass is 16.2. The maximum Gasteiger partial charge on any atom is 0.222 e. The van der Waals surface area contributed by atoms with Crippen molar-refractivity contribution in [2.24, 2.45) is 5.73 Å². The minimum atomic E-state index is 0.114. The van der Waals surface area contributed by atoms with Crippen molar-refractivity contribution in [2.45, 2.75) is 19.4 Å². The maximum absolute atomic E-state index is 11.8. The third kappa shape index (κ3) is 3.68. The second kappa shape index (κ2) is 6.86. The molecular weight excluding hydrogens is 252 g/mol. The van der Waals surface area contributed by atoms with Gasteiger partial charge in [-0.25, -0.2) is 4.68 Å². The lowest BCUT2D eigenvalue weighted by Gasteiger charge is -2.15. The molecule has 0 unspecified atom stereocenters. The van der Waals surface area contributed by atoms with E-state index in [0.717, 1.165) is 17.7 Å². The third-order valence-corrected chi connectivity index (χ3v) is 3.10. The van der Waals surface area contributed by atoms with Crippen LogP contribution in [-0.4, -0.2) is 34.2 Å². The molecule has 0 bridgehead atoms. The molecule has 2 N–H and O–H groups in total. The van der Waals surface area contributed by atoms with Gasteiger partial charge in [0, 0.05) is 31.8 Å². The second-order valence-corrected chi connectivity index (χ2v) is 4.77. The number of carbonyl (C=O) groups is 1. The number of para-hydroxylation sites is 1. The molecule has 0 aliphatic heterocycles. The normalized spacial score (nSPS) is 10.5. The number of amides is 1. The van der Waals surface area contributed by atoms with Crippen molar-refractivity contribution in [3.8, 4) is 5.69 Å². The van der Waals surface area contributed by atoms with Crippen LogP contribution in [0.15, 0.2) is 42.7 Å². The van der Waals surface area contributed by atoms with Crippen LogP contribution in [0.2, 0.25) is 0 Å². The van der Waals surface area contributed by atoms with E-state index in [0.29, 0.717) is 19.5 Å². The summed E-state index contributed by atoms with van der Waals surface area (Å²) in [4.78, 5) is 13.5. The van der Waals surface area contributed by atoms with Gasteiger partial charge in [0.15, 0.2) is 0 Å². The summed E-state index contributed by atoms with van der Waals surface area (Å²) in [6.45, 7) is 1.11. The first kappa shape index (κ1) is 14.3. The molecule has 1 aromatic heterocycles. The molecule has 1 aromatic carbocycles. The Hall–Kier alpha value is -2.14. The number of carbonyl (C=O) groups excluding carboxylic acids is 1. The summed E-state index contributed by atoms with van der Waals surface area (Å²) in [5.74, 6) is 0.114. The number of aromatic nitrogens is 2. The number of benzene rings is 1. The summed E-state index contributed by atoms with van der Waals surface area (Å²) in [5, 5.41) is 4.32. The fraction of sp³-hybridized carbons (Fsp3) is 0.333. The standard InChI is InChI=1S/C15H20N4O/c1-18(15(20)8-5-9-16)11-13-10-17-19(12-13)14-6-3-2-4-7-14/h2-4,6-7,10,12H,5,8-9,11,16H2,1H3. The van der Waals surface area contributed by atoms with Crippen LogP contribution >= 0.6 is 0 Å². The quantitative estimate of drug-likeness (QED) is 0.868. The van der Waals surface area contributed by atoms with Crippen LogP contribution in [-0.2, 0) is 11.3 Å². The minimum Gasteiger partial charge on any atom is -0.341 e. The zero-order chi connectivity index (χ0) is 14.4. The van der Waals surface area contributed by atoms with Crippen molar-refractivity contribution in [1.29, 1.82) is 0 Å². The van der Waals surface area contributed by atoms with Crippen LogP contribution in [0.3, 0.4) is 0 Å². The SMILES string of the molecule is CN(Cc1cnn(-c2ccccc2)c1)C(=O)CCCN. The van der Waals surface area contributed by atoms with E-state index in [-0.39, 0.29) is 5.91 Å². The molecule has 1 amide bonds. The molecule has 0 saturated heterocycles. The minimum absolute atomic E-state index is 0.114. The van der Waals surface area contributed by atoms with Crippen molar-refractivity contribution in [3.63, 3.8) is 0 Å². The van der Waals surface area contributed by atoms with E-state index in [9.17, 15) is 4.79 Å². The average molecular weight is 272 g/mol. The van der Waals surface area contributed by atoms with E-state index in [1.807, 2.05) is 41.2 Å². The van der Waals surface area contributed by atoms with Crippen LogP contribution in [0, 0.1) is 0 Å². The van der Waals surface area contributed by atoms with Crippen molar-refractivity contribution >= 4 is 5.91 Å². The largest absolute Gasteiger partial charge is 0.341 e.